The Kier molecular flexibility index (Phi) is 5.83. The molecule has 1 amide bonds. The first kappa shape index (κ1) is 19.8. The Bertz CT molecular complexity index is 790. The lowest BCUT2D eigenvalue weighted by Crippen LogP contribution is -2.25. The molecule has 0 radical (unpaired) electrons. The first-order valence-corrected chi connectivity index (χ1v) is 9.86. The van der Waals surface area contributed by atoms with Gasteiger partial charge in [0.2, 0.25) is 5.91 Å². The third kappa shape index (κ3) is 4.76. The fourth-order valence-corrected chi connectivity index (χ4v) is 3.80. The lowest BCUT2D eigenvalue weighted by molar-refractivity contribution is -0.140. The van der Waals surface area contributed by atoms with Crippen molar-refractivity contribution in [3.63, 3.8) is 0 Å². The molecule has 9 heteroatoms. The lowest BCUT2D eigenvalue weighted by atomic mass is 9.96. The minimum Gasteiger partial charge on any atom is -0.338 e. The molecule has 138 valence electrons. The van der Waals surface area contributed by atoms with Crippen molar-refractivity contribution in [2.45, 2.75) is 23.4 Å². The minimum atomic E-state index is -4.79. The zero-order chi connectivity index (χ0) is 18.8. The Hall–Kier alpha value is -1.54. The number of likely N-dealkylation sites (tertiary alicyclic amines) is 1. The van der Waals surface area contributed by atoms with Gasteiger partial charge in [0.15, 0.2) is 9.84 Å². The van der Waals surface area contributed by atoms with Crippen molar-refractivity contribution < 1.29 is 26.4 Å². The van der Waals surface area contributed by atoms with E-state index in [0.29, 0.717) is 18.0 Å². The average molecular weight is 396 g/mol. The van der Waals surface area contributed by atoms with E-state index in [2.05, 4.69) is 0 Å². The van der Waals surface area contributed by atoms with Crippen LogP contribution in [-0.2, 0) is 20.8 Å². The van der Waals surface area contributed by atoms with Crippen molar-refractivity contribution in [2.24, 2.45) is 0 Å². The number of sulfone groups is 1. The molecule has 25 heavy (non-hydrogen) atoms. The van der Waals surface area contributed by atoms with E-state index < -0.39 is 32.4 Å². The molecule has 1 unspecified atom stereocenters. The van der Waals surface area contributed by atoms with Gasteiger partial charge in [-0.1, -0.05) is 18.2 Å². The van der Waals surface area contributed by atoms with Gasteiger partial charge in [-0.2, -0.15) is 13.2 Å². The Morgan fingerprint density at radius 1 is 1.32 bits per heavy atom. The van der Waals surface area contributed by atoms with Crippen LogP contribution in [0.2, 0.25) is 0 Å². The highest BCUT2D eigenvalue weighted by Crippen LogP contribution is 2.37. The summed E-state index contributed by atoms with van der Waals surface area (Å²) in [5.41, 5.74) is -0.891. The highest BCUT2D eigenvalue weighted by molar-refractivity contribution is 7.90. The summed E-state index contributed by atoms with van der Waals surface area (Å²) in [6, 6.07) is 3.15. The van der Waals surface area contributed by atoms with Gasteiger partial charge in [0, 0.05) is 37.6 Å². The topological polar surface area (TPSA) is 54.5 Å². The lowest BCUT2D eigenvalue weighted by Gasteiger charge is -2.17. The fourth-order valence-electron chi connectivity index (χ4n) is 2.78. The maximum atomic E-state index is 13.2. The molecule has 1 aliphatic heterocycles. The molecule has 0 aliphatic carbocycles. The molecule has 0 aromatic heterocycles. The Morgan fingerprint density at radius 2 is 2.00 bits per heavy atom. The zero-order valence-electron chi connectivity index (χ0n) is 13.4. The minimum absolute atomic E-state index is 0.0875. The molecular weight excluding hydrogens is 379 g/mol. The van der Waals surface area contributed by atoms with Gasteiger partial charge in [0.1, 0.15) is 0 Å². The van der Waals surface area contributed by atoms with Crippen LogP contribution in [0.25, 0.3) is 0 Å². The Labute approximate surface area is 149 Å². The van der Waals surface area contributed by atoms with Crippen LogP contribution in [0.4, 0.5) is 13.2 Å². The normalized spacial score (nSPS) is 19.2. The summed E-state index contributed by atoms with van der Waals surface area (Å²) < 4.78 is 62.9. The molecule has 1 atom stereocenters. The van der Waals surface area contributed by atoms with Crippen molar-refractivity contribution in [1.29, 1.82) is 0 Å². The number of alkyl halides is 4. The molecule has 1 fully saturated rings. The van der Waals surface area contributed by atoms with Crippen molar-refractivity contribution >= 4 is 27.3 Å². The van der Waals surface area contributed by atoms with E-state index in [1.165, 1.54) is 11.0 Å². The van der Waals surface area contributed by atoms with Gasteiger partial charge in [-0.3, -0.25) is 4.79 Å². The number of rotatable bonds is 5. The average Bonchev–Trinajstić information content (AvgIpc) is 2.86. The molecule has 0 spiro atoms. The van der Waals surface area contributed by atoms with Gasteiger partial charge in [-0.15, -0.1) is 11.6 Å². The van der Waals surface area contributed by atoms with Crippen LogP contribution < -0.4 is 0 Å². The SMILES string of the molecule is CS(=O)(=O)c1ccc(C2CC(=O)N(C/C=C\CCl)C2)cc1C(F)(F)F. The van der Waals surface area contributed by atoms with Crippen molar-refractivity contribution in [2.75, 3.05) is 25.2 Å². The maximum absolute atomic E-state index is 13.2. The van der Waals surface area contributed by atoms with Crippen LogP contribution in [0, 0.1) is 0 Å². The Balaban J connectivity index is 2.32. The first-order chi connectivity index (χ1) is 11.5. The fraction of sp³-hybridized carbons (Fsp3) is 0.438. The van der Waals surface area contributed by atoms with Crippen LogP contribution in [0.3, 0.4) is 0 Å². The van der Waals surface area contributed by atoms with E-state index in [4.69, 9.17) is 11.6 Å². The van der Waals surface area contributed by atoms with Crippen LogP contribution >= 0.6 is 11.6 Å². The van der Waals surface area contributed by atoms with Crippen LogP contribution in [0.15, 0.2) is 35.2 Å². The summed E-state index contributed by atoms with van der Waals surface area (Å²) in [6.07, 6.45) is -0.558. The van der Waals surface area contributed by atoms with E-state index in [1.54, 1.807) is 12.2 Å². The monoisotopic (exact) mass is 395 g/mol. The molecule has 1 heterocycles. The highest BCUT2D eigenvalue weighted by atomic mass is 35.5. The zero-order valence-corrected chi connectivity index (χ0v) is 15.0. The van der Waals surface area contributed by atoms with Gasteiger partial charge >= 0.3 is 6.18 Å². The van der Waals surface area contributed by atoms with Crippen molar-refractivity contribution in [3.8, 4) is 0 Å². The molecule has 0 N–H and O–H groups in total. The van der Waals surface area contributed by atoms with Gasteiger partial charge in [0.25, 0.3) is 0 Å². The molecule has 4 nitrogen and oxygen atoms in total. The summed E-state index contributed by atoms with van der Waals surface area (Å²) in [5, 5.41) is 0. The standard InChI is InChI=1S/C16H17ClF3NO3S/c1-25(23,24)14-5-4-11(8-13(14)16(18,19)20)12-9-15(22)21(10-12)7-3-2-6-17/h2-5,8,12H,6-7,9-10H2,1H3/b3-2-. The van der Waals surface area contributed by atoms with Crippen LogP contribution in [0.1, 0.15) is 23.5 Å². The van der Waals surface area contributed by atoms with Crippen molar-refractivity contribution in [3.05, 3.63) is 41.5 Å². The second-order valence-corrected chi connectivity index (χ2v) is 8.14. The number of carbonyl (C=O) groups is 1. The molecule has 1 aromatic rings. The number of benzene rings is 1. The summed E-state index contributed by atoms with van der Waals surface area (Å²) in [5.74, 6) is -0.260. The molecular formula is C16H17ClF3NO3S. The molecule has 1 aliphatic rings. The van der Waals surface area contributed by atoms with Gasteiger partial charge in [0.05, 0.1) is 10.5 Å². The summed E-state index contributed by atoms with van der Waals surface area (Å²) in [4.78, 5) is 12.8. The van der Waals surface area contributed by atoms with Gasteiger partial charge in [-0.05, 0) is 17.7 Å². The van der Waals surface area contributed by atoms with E-state index in [0.717, 1.165) is 18.4 Å². The first-order valence-electron chi connectivity index (χ1n) is 7.44. The second kappa shape index (κ2) is 7.37. The van der Waals surface area contributed by atoms with Crippen LogP contribution in [-0.4, -0.2) is 44.5 Å². The molecule has 0 bridgehead atoms. The van der Waals surface area contributed by atoms with E-state index >= 15 is 0 Å². The van der Waals surface area contributed by atoms with E-state index in [-0.39, 0.29) is 18.9 Å². The molecule has 2 rings (SSSR count). The second-order valence-electron chi connectivity index (χ2n) is 5.85. The molecule has 1 aromatic carbocycles. The number of halogens is 4. The molecule has 1 saturated heterocycles. The highest BCUT2D eigenvalue weighted by Gasteiger charge is 2.38. The predicted molar refractivity (Wildman–Crippen MR) is 88.4 cm³/mol. The largest absolute Gasteiger partial charge is 0.417 e. The quantitative estimate of drug-likeness (QED) is 0.568. The third-order valence-electron chi connectivity index (χ3n) is 3.98. The summed E-state index contributed by atoms with van der Waals surface area (Å²) in [7, 11) is -4.01. The third-order valence-corrected chi connectivity index (χ3v) is 5.31. The van der Waals surface area contributed by atoms with Gasteiger partial charge in [-0.25, -0.2) is 8.42 Å². The number of allylic oxidation sites excluding steroid dienone is 1. The van der Waals surface area contributed by atoms with Crippen molar-refractivity contribution in [1.82, 2.24) is 4.90 Å². The van der Waals surface area contributed by atoms with Crippen LogP contribution in [0.5, 0.6) is 0 Å². The van der Waals surface area contributed by atoms with E-state index in [9.17, 15) is 26.4 Å². The predicted octanol–water partition coefficient (Wildman–Crippen LogP) is 3.22. The number of amides is 1. The number of hydrogen-bond donors (Lipinski definition) is 0. The summed E-state index contributed by atoms with van der Waals surface area (Å²) in [6.45, 7) is 0.622. The number of hydrogen-bond acceptors (Lipinski definition) is 3. The molecule has 0 saturated carbocycles. The Morgan fingerprint density at radius 3 is 2.56 bits per heavy atom. The summed E-state index contributed by atoms with van der Waals surface area (Å²) >= 11 is 5.51. The smallest absolute Gasteiger partial charge is 0.338 e. The van der Waals surface area contributed by atoms with Gasteiger partial charge < -0.3 is 4.90 Å². The van der Waals surface area contributed by atoms with E-state index in [1.807, 2.05) is 0 Å². The number of carbonyl (C=O) groups excluding carboxylic acids is 1. The maximum Gasteiger partial charge on any atom is 0.417 e. The number of nitrogens with zero attached hydrogens (tertiary/aromatic N) is 1.